The van der Waals surface area contributed by atoms with Crippen molar-refractivity contribution in [1.29, 1.82) is 0 Å². The van der Waals surface area contributed by atoms with E-state index in [-0.39, 0.29) is 30.8 Å². The number of amides is 3. The molecule has 0 atom stereocenters. The minimum absolute atomic E-state index is 0.0759. The summed E-state index contributed by atoms with van der Waals surface area (Å²) >= 11 is 0. The highest BCUT2D eigenvalue weighted by Crippen LogP contribution is 2.26. The second-order valence-electron chi connectivity index (χ2n) is 8.84. The number of aliphatic hydroxyl groups is 1. The van der Waals surface area contributed by atoms with Crippen molar-refractivity contribution in [3.63, 3.8) is 0 Å². The Kier molecular flexibility index (Phi) is 7.64. The standard InChI is InChI=1S/C25H30FN3O5/c26-21-4-1-2-5-22(21)34-18-25(32)10-13-28(14-11-25)16-19-6-8-20(9-7-19)33-15-3-12-29-17-23(30)27-24(29)31/h1-2,4-9,32H,3,10-18H2,(H,27,30,31). The summed E-state index contributed by atoms with van der Waals surface area (Å²) < 4.78 is 25.0. The molecule has 2 N–H and O–H groups in total. The van der Waals surface area contributed by atoms with Crippen LogP contribution >= 0.6 is 0 Å². The Morgan fingerprint density at radius 2 is 1.76 bits per heavy atom. The van der Waals surface area contributed by atoms with Gasteiger partial charge in [-0.25, -0.2) is 9.18 Å². The van der Waals surface area contributed by atoms with Crippen LogP contribution in [0.2, 0.25) is 0 Å². The maximum absolute atomic E-state index is 13.7. The van der Waals surface area contributed by atoms with Crippen LogP contribution in [-0.4, -0.2) is 71.8 Å². The number of carbonyl (C=O) groups excluding carboxylic acids is 2. The van der Waals surface area contributed by atoms with Gasteiger partial charge in [0.1, 0.15) is 24.5 Å². The van der Waals surface area contributed by atoms with Crippen molar-refractivity contribution in [2.75, 3.05) is 39.4 Å². The third kappa shape index (κ3) is 6.45. The van der Waals surface area contributed by atoms with E-state index in [1.54, 1.807) is 18.2 Å². The molecule has 0 unspecified atom stereocenters. The molecule has 0 radical (unpaired) electrons. The topological polar surface area (TPSA) is 91.3 Å². The van der Waals surface area contributed by atoms with Crippen molar-refractivity contribution < 1.29 is 28.6 Å². The smallest absolute Gasteiger partial charge is 0.324 e. The number of urea groups is 1. The van der Waals surface area contributed by atoms with Gasteiger partial charge in [0.25, 0.3) is 0 Å². The predicted molar refractivity (Wildman–Crippen MR) is 123 cm³/mol. The lowest BCUT2D eigenvalue weighted by atomic mass is 9.92. The Balaban J connectivity index is 1.15. The van der Waals surface area contributed by atoms with Crippen LogP contribution in [0.4, 0.5) is 9.18 Å². The molecule has 3 amide bonds. The normalized spacial score (nSPS) is 18.1. The van der Waals surface area contributed by atoms with Crippen LogP contribution in [0, 0.1) is 5.82 Å². The van der Waals surface area contributed by atoms with Crippen molar-refractivity contribution in [2.24, 2.45) is 0 Å². The SMILES string of the molecule is O=C1CN(CCCOc2ccc(CN3CCC(O)(COc4ccccc4F)CC3)cc2)C(=O)N1. The van der Waals surface area contributed by atoms with Gasteiger partial charge in [-0.15, -0.1) is 0 Å². The van der Waals surface area contributed by atoms with E-state index in [1.807, 2.05) is 24.3 Å². The molecule has 0 aromatic heterocycles. The molecule has 0 spiro atoms. The molecule has 2 aromatic carbocycles. The van der Waals surface area contributed by atoms with Crippen molar-refractivity contribution in [1.82, 2.24) is 15.1 Å². The zero-order valence-electron chi connectivity index (χ0n) is 19.0. The molecule has 9 heteroatoms. The fourth-order valence-corrected chi connectivity index (χ4v) is 4.10. The zero-order valence-corrected chi connectivity index (χ0v) is 19.0. The second kappa shape index (κ2) is 10.8. The Morgan fingerprint density at radius 1 is 1.03 bits per heavy atom. The first-order valence-electron chi connectivity index (χ1n) is 11.5. The third-order valence-electron chi connectivity index (χ3n) is 6.16. The highest BCUT2D eigenvalue weighted by molar-refractivity contribution is 6.01. The number of hydrogen-bond acceptors (Lipinski definition) is 6. The first-order valence-corrected chi connectivity index (χ1v) is 11.5. The lowest BCUT2D eigenvalue weighted by molar-refractivity contribution is -0.118. The molecule has 34 heavy (non-hydrogen) atoms. The predicted octanol–water partition coefficient (Wildman–Crippen LogP) is 2.55. The number of piperidine rings is 1. The van der Waals surface area contributed by atoms with Crippen LogP contribution in [0.3, 0.4) is 0 Å². The first kappa shape index (κ1) is 24.0. The van der Waals surface area contributed by atoms with E-state index in [9.17, 15) is 19.1 Å². The number of halogens is 1. The summed E-state index contributed by atoms with van der Waals surface area (Å²) in [6.07, 6.45) is 1.76. The summed E-state index contributed by atoms with van der Waals surface area (Å²) in [4.78, 5) is 26.4. The van der Waals surface area contributed by atoms with Crippen LogP contribution in [0.5, 0.6) is 11.5 Å². The third-order valence-corrected chi connectivity index (χ3v) is 6.16. The summed E-state index contributed by atoms with van der Waals surface area (Å²) in [6, 6.07) is 13.8. The highest BCUT2D eigenvalue weighted by atomic mass is 19.1. The summed E-state index contributed by atoms with van der Waals surface area (Å²) in [5, 5.41) is 13.1. The number of imide groups is 1. The number of rotatable bonds is 10. The van der Waals surface area contributed by atoms with E-state index < -0.39 is 11.4 Å². The molecule has 2 heterocycles. The molecule has 0 aliphatic carbocycles. The van der Waals surface area contributed by atoms with Gasteiger partial charge >= 0.3 is 6.03 Å². The number of benzene rings is 2. The largest absolute Gasteiger partial charge is 0.494 e. The quantitative estimate of drug-likeness (QED) is 0.409. The molecular formula is C25H30FN3O5. The van der Waals surface area contributed by atoms with Crippen molar-refractivity contribution in [2.45, 2.75) is 31.4 Å². The molecule has 182 valence electrons. The lowest BCUT2D eigenvalue weighted by Gasteiger charge is -2.38. The van der Waals surface area contributed by atoms with Gasteiger partial charge in [0.15, 0.2) is 11.6 Å². The van der Waals surface area contributed by atoms with E-state index in [2.05, 4.69) is 10.2 Å². The van der Waals surface area contributed by atoms with Crippen LogP contribution < -0.4 is 14.8 Å². The number of para-hydroxylation sites is 1. The van der Waals surface area contributed by atoms with Gasteiger partial charge in [-0.05, 0) is 49.1 Å². The van der Waals surface area contributed by atoms with Gasteiger partial charge in [0.05, 0.1) is 6.61 Å². The maximum atomic E-state index is 13.7. The Labute approximate surface area is 198 Å². The summed E-state index contributed by atoms with van der Waals surface area (Å²) in [5.74, 6) is 0.226. The number of nitrogens with zero attached hydrogens (tertiary/aromatic N) is 2. The van der Waals surface area contributed by atoms with E-state index in [0.29, 0.717) is 32.4 Å². The molecule has 2 aromatic rings. The Bertz CT molecular complexity index is 992. The number of ether oxygens (including phenoxy) is 2. The Morgan fingerprint density at radius 3 is 2.44 bits per heavy atom. The number of nitrogens with one attached hydrogen (secondary N) is 1. The van der Waals surface area contributed by atoms with Gasteiger partial charge in [-0.1, -0.05) is 24.3 Å². The van der Waals surface area contributed by atoms with Gasteiger partial charge < -0.3 is 19.5 Å². The Hall–Kier alpha value is -3.17. The van der Waals surface area contributed by atoms with Gasteiger partial charge in [-0.3, -0.25) is 15.0 Å². The van der Waals surface area contributed by atoms with Crippen LogP contribution in [0.15, 0.2) is 48.5 Å². The second-order valence-corrected chi connectivity index (χ2v) is 8.84. The molecule has 2 aliphatic heterocycles. The van der Waals surface area contributed by atoms with E-state index >= 15 is 0 Å². The minimum atomic E-state index is -0.959. The van der Waals surface area contributed by atoms with Crippen LogP contribution in [0.25, 0.3) is 0 Å². The monoisotopic (exact) mass is 471 g/mol. The molecule has 0 saturated carbocycles. The fraction of sp³-hybridized carbons (Fsp3) is 0.440. The molecule has 4 rings (SSSR count). The molecule has 2 saturated heterocycles. The average molecular weight is 472 g/mol. The van der Waals surface area contributed by atoms with Gasteiger partial charge in [0, 0.05) is 26.2 Å². The number of hydrogen-bond donors (Lipinski definition) is 2. The van der Waals surface area contributed by atoms with Gasteiger partial charge in [0.2, 0.25) is 5.91 Å². The van der Waals surface area contributed by atoms with Crippen molar-refractivity contribution in [3.05, 3.63) is 59.9 Å². The summed E-state index contributed by atoms with van der Waals surface area (Å²) in [6.45, 7) is 3.33. The van der Waals surface area contributed by atoms with E-state index in [1.165, 1.54) is 11.0 Å². The van der Waals surface area contributed by atoms with Crippen LogP contribution in [-0.2, 0) is 11.3 Å². The fourth-order valence-electron chi connectivity index (χ4n) is 4.10. The van der Waals surface area contributed by atoms with Crippen molar-refractivity contribution >= 4 is 11.9 Å². The van der Waals surface area contributed by atoms with E-state index in [4.69, 9.17) is 9.47 Å². The molecule has 2 fully saturated rings. The zero-order chi connectivity index (χ0) is 24.0. The van der Waals surface area contributed by atoms with Crippen molar-refractivity contribution in [3.8, 4) is 11.5 Å². The van der Waals surface area contributed by atoms with Gasteiger partial charge in [-0.2, -0.15) is 0 Å². The molecular weight excluding hydrogens is 441 g/mol. The molecule has 0 bridgehead atoms. The first-order chi connectivity index (χ1) is 16.4. The lowest BCUT2D eigenvalue weighted by Crippen LogP contribution is -2.47. The summed E-state index contributed by atoms with van der Waals surface area (Å²) in [7, 11) is 0. The van der Waals surface area contributed by atoms with E-state index in [0.717, 1.165) is 30.9 Å². The average Bonchev–Trinajstić information content (AvgIpc) is 3.15. The number of likely N-dealkylation sites (tertiary alicyclic amines) is 1. The highest BCUT2D eigenvalue weighted by Gasteiger charge is 2.33. The molecule has 2 aliphatic rings. The number of carbonyl (C=O) groups is 2. The minimum Gasteiger partial charge on any atom is -0.494 e. The molecule has 8 nitrogen and oxygen atoms in total. The summed E-state index contributed by atoms with van der Waals surface area (Å²) in [5.41, 5.74) is 0.187. The van der Waals surface area contributed by atoms with Crippen LogP contribution in [0.1, 0.15) is 24.8 Å². The maximum Gasteiger partial charge on any atom is 0.324 e.